The van der Waals surface area contributed by atoms with Crippen molar-refractivity contribution >= 4 is 46.7 Å². The zero-order chi connectivity index (χ0) is 27.9. The van der Waals surface area contributed by atoms with Gasteiger partial charge in [-0.2, -0.15) is 0 Å². The minimum atomic E-state index is -0.425. The molecule has 5 N–H and O–H groups in total. The highest BCUT2D eigenvalue weighted by Gasteiger charge is 2.26. The van der Waals surface area contributed by atoms with Gasteiger partial charge in [-0.3, -0.25) is 24.1 Å². The zero-order valence-corrected chi connectivity index (χ0v) is 22.1. The Hall–Kier alpha value is -3.99. The summed E-state index contributed by atoms with van der Waals surface area (Å²) in [7, 11) is 0. The van der Waals surface area contributed by atoms with E-state index in [1.165, 1.54) is 18.2 Å². The van der Waals surface area contributed by atoms with Crippen LogP contribution in [0.3, 0.4) is 0 Å². The normalized spacial score (nSPS) is 16.3. The molecule has 0 aliphatic carbocycles. The molecular formula is C28H35FN6O4. The smallest absolute Gasteiger partial charge is 0.256 e. The van der Waals surface area contributed by atoms with Gasteiger partial charge in [-0.1, -0.05) is 12.8 Å². The predicted octanol–water partition coefficient (Wildman–Crippen LogP) is 2.86. The number of rotatable bonds is 11. The van der Waals surface area contributed by atoms with E-state index in [9.17, 15) is 23.6 Å². The average Bonchev–Trinajstić information content (AvgIpc) is 3.39. The molecule has 0 unspecified atom stereocenters. The van der Waals surface area contributed by atoms with Crippen LogP contribution in [0.1, 0.15) is 55.3 Å². The summed E-state index contributed by atoms with van der Waals surface area (Å²) in [5.41, 5.74) is 8.56. The highest BCUT2D eigenvalue weighted by molar-refractivity contribution is 6.34. The van der Waals surface area contributed by atoms with Crippen LogP contribution in [0.5, 0.6) is 0 Å². The first-order valence-corrected chi connectivity index (χ1v) is 13.3. The average molecular weight is 539 g/mol. The predicted molar refractivity (Wildman–Crippen MR) is 147 cm³/mol. The molecule has 4 amide bonds. The fraction of sp³-hybridized carbons (Fsp3) is 0.429. The maximum Gasteiger partial charge on any atom is 0.256 e. The maximum absolute atomic E-state index is 13.7. The third-order valence-electron chi connectivity index (χ3n) is 7.16. The lowest BCUT2D eigenvalue weighted by Gasteiger charge is -2.34. The summed E-state index contributed by atoms with van der Waals surface area (Å²) < 4.78 is 13.7. The molecule has 2 aliphatic heterocycles. The minimum absolute atomic E-state index is 0.125. The summed E-state index contributed by atoms with van der Waals surface area (Å²) >= 11 is 0. The number of halogens is 1. The van der Waals surface area contributed by atoms with Crippen molar-refractivity contribution in [1.29, 1.82) is 0 Å². The molecule has 1 saturated heterocycles. The van der Waals surface area contributed by atoms with Crippen LogP contribution in [0.4, 0.5) is 15.8 Å². The second kappa shape index (κ2) is 12.7. The minimum Gasteiger partial charge on any atom is -0.370 e. The lowest BCUT2D eigenvalue weighted by atomic mass is 10.0. The summed E-state index contributed by atoms with van der Waals surface area (Å²) in [5.74, 6) is -1.07. The van der Waals surface area contributed by atoms with Crippen LogP contribution in [0.25, 0.3) is 11.6 Å². The Morgan fingerprint density at radius 3 is 2.51 bits per heavy atom. The van der Waals surface area contributed by atoms with Crippen molar-refractivity contribution < 1.29 is 23.6 Å². The molecule has 1 fully saturated rings. The van der Waals surface area contributed by atoms with Gasteiger partial charge in [0, 0.05) is 62.2 Å². The van der Waals surface area contributed by atoms with Crippen molar-refractivity contribution in [3.63, 3.8) is 0 Å². The largest absolute Gasteiger partial charge is 0.370 e. The van der Waals surface area contributed by atoms with Crippen LogP contribution in [-0.2, 0) is 19.2 Å². The number of nitrogens with one attached hydrogen (secondary N) is 3. The molecule has 0 radical (unpaired) electrons. The number of amides is 4. The van der Waals surface area contributed by atoms with Crippen LogP contribution in [-0.4, -0.2) is 71.1 Å². The van der Waals surface area contributed by atoms with Crippen LogP contribution in [0.15, 0.2) is 24.4 Å². The molecule has 0 saturated carbocycles. The molecule has 10 nitrogen and oxygen atoms in total. The molecule has 11 heteroatoms. The Morgan fingerprint density at radius 2 is 1.79 bits per heavy atom. The Balaban J connectivity index is 1.23. The third-order valence-corrected chi connectivity index (χ3v) is 7.16. The second-order valence-corrected chi connectivity index (χ2v) is 10.0. The number of piperazine rings is 1. The molecule has 0 atom stereocenters. The quantitative estimate of drug-likeness (QED) is 0.257. The fourth-order valence-electron chi connectivity index (χ4n) is 4.87. The first-order valence-electron chi connectivity index (χ1n) is 13.3. The summed E-state index contributed by atoms with van der Waals surface area (Å²) in [6.07, 6.45) is 7.55. The number of fused-ring (bicyclic) bond motifs is 1. The summed E-state index contributed by atoms with van der Waals surface area (Å²) in [5, 5.41) is 5.64. The van der Waals surface area contributed by atoms with Gasteiger partial charge in [0.05, 0.1) is 17.8 Å². The number of anilines is 2. The highest BCUT2D eigenvalue weighted by atomic mass is 19.1. The summed E-state index contributed by atoms with van der Waals surface area (Å²) in [6, 6.07) is 4.15. The van der Waals surface area contributed by atoms with Gasteiger partial charge in [0.15, 0.2) is 0 Å². The number of unbranched alkanes of at least 4 members (excludes halogenated alkanes) is 3. The Labute approximate surface area is 226 Å². The molecule has 3 heterocycles. The van der Waals surface area contributed by atoms with Crippen LogP contribution in [0, 0.1) is 12.7 Å². The number of carbonyl (C=O) groups is 4. The SMILES string of the molecule is Cc1c(NC(=O)CN2CCN(C(=O)CCCCCCC(N)=O)CC2)c[nH]c1C=C1C(=O)Nc2ccc(F)cc21. The summed E-state index contributed by atoms with van der Waals surface area (Å²) in [6.45, 7) is 4.44. The van der Waals surface area contributed by atoms with E-state index in [0.29, 0.717) is 67.2 Å². The third kappa shape index (κ3) is 7.32. The molecule has 208 valence electrons. The van der Waals surface area contributed by atoms with Crippen molar-refractivity contribution in [3.8, 4) is 0 Å². The number of benzene rings is 1. The van der Waals surface area contributed by atoms with Crippen molar-refractivity contribution in [2.45, 2.75) is 45.4 Å². The standard InChI is InChI=1S/C28H35FN6O4/c1-18-23(15-21-20-14-19(29)8-9-22(20)33-28(21)39)31-16-24(18)32-26(37)17-34-10-12-35(13-11-34)27(38)7-5-3-2-4-6-25(30)36/h8-9,14-16,31H,2-7,10-13,17H2,1H3,(H2,30,36)(H,32,37)(H,33,39). The van der Waals surface area contributed by atoms with Crippen LogP contribution in [0.2, 0.25) is 0 Å². The molecule has 0 spiro atoms. The number of primary amides is 1. The molecule has 2 aromatic rings. The van der Waals surface area contributed by atoms with E-state index in [0.717, 1.165) is 31.2 Å². The number of aromatic nitrogens is 1. The Kier molecular flexibility index (Phi) is 9.13. The highest BCUT2D eigenvalue weighted by Crippen LogP contribution is 2.34. The van der Waals surface area contributed by atoms with Crippen molar-refractivity contribution in [3.05, 3.63) is 47.0 Å². The Bertz CT molecular complexity index is 1280. The van der Waals surface area contributed by atoms with E-state index >= 15 is 0 Å². The lowest BCUT2D eigenvalue weighted by molar-refractivity contribution is -0.133. The van der Waals surface area contributed by atoms with Gasteiger partial charge in [-0.15, -0.1) is 0 Å². The van der Waals surface area contributed by atoms with E-state index < -0.39 is 5.82 Å². The number of hydrogen-bond donors (Lipinski definition) is 4. The molecule has 2 aliphatic rings. The number of nitrogens with zero attached hydrogens (tertiary/aromatic N) is 2. The molecular weight excluding hydrogens is 503 g/mol. The maximum atomic E-state index is 13.7. The molecule has 0 bridgehead atoms. The van der Waals surface area contributed by atoms with Crippen molar-refractivity contribution in [2.24, 2.45) is 5.73 Å². The van der Waals surface area contributed by atoms with Gasteiger partial charge in [0.1, 0.15) is 5.82 Å². The van der Waals surface area contributed by atoms with E-state index in [4.69, 9.17) is 5.73 Å². The van der Waals surface area contributed by atoms with E-state index in [1.807, 2.05) is 16.7 Å². The van der Waals surface area contributed by atoms with Gasteiger partial charge < -0.3 is 26.3 Å². The zero-order valence-electron chi connectivity index (χ0n) is 22.1. The monoisotopic (exact) mass is 538 g/mol. The molecule has 1 aromatic heterocycles. The van der Waals surface area contributed by atoms with E-state index in [2.05, 4.69) is 15.6 Å². The Morgan fingerprint density at radius 1 is 1.08 bits per heavy atom. The first kappa shape index (κ1) is 28.0. The number of hydrogen-bond acceptors (Lipinski definition) is 5. The number of H-pyrrole nitrogens is 1. The van der Waals surface area contributed by atoms with E-state index in [-0.39, 0.29) is 30.2 Å². The second-order valence-electron chi connectivity index (χ2n) is 10.0. The summed E-state index contributed by atoms with van der Waals surface area (Å²) in [4.78, 5) is 55.3. The first-order chi connectivity index (χ1) is 18.7. The van der Waals surface area contributed by atoms with Crippen molar-refractivity contribution in [2.75, 3.05) is 43.4 Å². The van der Waals surface area contributed by atoms with Crippen LogP contribution < -0.4 is 16.4 Å². The number of carbonyl (C=O) groups excluding carboxylic acids is 4. The number of aromatic amines is 1. The van der Waals surface area contributed by atoms with Crippen LogP contribution >= 0.6 is 0 Å². The van der Waals surface area contributed by atoms with Crippen molar-refractivity contribution in [1.82, 2.24) is 14.8 Å². The molecule has 4 rings (SSSR count). The topological polar surface area (TPSA) is 141 Å². The fourth-order valence-corrected chi connectivity index (χ4v) is 4.87. The number of nitrogens with two attached hydrogens (primary N) is 1. The van der Waals surface area contributed by atoms with Gasteiger partial charge in [-0.05, 0) is 49.6 Å². The van der Waals surface area contributed by atoms with Gasteiger partial charge in [0.25, 0.3) is 5.91 Å². The van der Waals surface area contributed by atoms with Gasteiger partial charge >= 0.3 is 0 Å². The van der Waals surface area contributed by atoms with Gasteiger partial charge in [-0.25, -0.2) is 4.39 Å². The molecule has 39 heavy (non-hydrogen) atoms. The van der Waals surface area contributed by atoms with E-state index in [1.54, 1.807) is 12.3 Å². The lowest BCUT2D eigenvalue weighted by Crippen LogP contribution is -2.50. The molecule has 1 aromatic carbocycles. The van der Waals surface area contributed by atoms with Gasteiger partial charge in [0.2, 0.25) is 17.7 Å².